The van der Waals surface area contributed by atoms with E-state index < -0.39 is 85.9 Å². The molecule has 2 fully saturated rings. The van der Waals surface area contributed by atoms with E-state index in [0.29, 0.717) is 17.8 Å². The molecule has 0 aliphatic carbocycles. The summed E-state index contributed by atoms with van der Waals surface area (Å²) >= 11 is 0. The van der Waals surface area contributed by atoms with Gasteiger partial charge in [0.2, 0.25) is 0 Å². The molecule has 3 aliphatic heterocycles. The van der Waals surface area contributed by atoms with Crippen LogP contribution in [0.4, 0.5) is 0 Å². The molecule has 0 saturated carbocycles. The molecule has 210 valence electrons. The first-order chi connectivity index (χ1) is 18.0. The van der Waals surface area contributed by atoms with Crippen molar-refractivity contribution in [3.05, 3.63) is 40.2 Å². The normalized spacial score (nSPS) is 37.4. The molecule has 38 heavy (non-hydrogen) atoms. The summed E-state index contributed by atoms with van der Waals surface area (Å²) in [6.07, 6.45) is -10.4. The third kappa shape index (κ3) is 4.84. The first-order valence-corrected chi connectivity index (χ1v) is 12.3. The van der Waals surface area contributed by atoms with Gasteiger partial charge in [-0.25, -0.2) is 4.79 Å². The summed E-state index contributed by atoms with van der Waals surface area (Å²) in [6, 6.07) is 6.50. The Hall–Kier alpha value is -2.17. The van der Waals surface area contributed by atoms with Crippen LogP contribution in [0.5, 0.6) is 5.75 Å². The third-order valence-corrected chi connectivity index (χ3v) is 7.36. The molecule has 9 atom stereocenters. The highest BCUT2D eigenvalue weighted by molar-refractivity contribution is 5.79. The molecule has 0 radical (unpaired) electrons. The van der Waals surface area contributed by atoms with E-state index in [1.54, 1.807) is 26.0 Å². The van der Waals surface area contributed by atoms with Gasteiger partial charge in [0.25, 0.3) is 0 Å². The number of hydrogen-bond donors (Lipinski definition) is 6. The van der Waals surface area contributed by atoms with E-state index in [-0.39, 0.29) is 0 Å². The van der Waals surface area contributed by atoms with Gasteiger partial charge in [-0.3, -0.25) is 0 Å². The number of aliphatic hydroxyl groups excluding tert-OH is 5. The van der Waals surface area contributed by atoms with Gasteiger partial charge in [0.1, 0.15) is 59.2 Å². The summed E-state index contributed by atoms with van der Waals surface area (Å²) in [6.45, 7) is 1.61. The van der Waals surface area contributed by atoms with Crippen molar-refractivity contribution in [2.45, 2.75) is 80.7 Å². The van der Waals surface area contributed by atoms with Crippen molar-refractivity contribution in [2.75, 3.05) is 19.8 Å². The molecule has 2 saturated heterocycles. The van der Waals surface area contributed by atoms with Crippen LogP contribution >= 0.6 is 0 Å². The number of hydrogen-bond acceptors (Lipinski definition) is 13. The molecule has 0 amide bonds. The van der Waals surface area contributed by atoms with Gasteiger partial charge in [-0.15, -0.1) is 0 Å². The van der Waals surface area contributed by atoms with E-state index in [4.69, 9.17) is 28.1 Å². The van der Waals surface area contributed by atoms with E-state index in [1.807, 2.05) is 6.07 Å². The number of benzene rings is 1. The molecule has 1 aromatic heterocycles. The Morgan fingerprint density at radius 2 is 1.87 bits per heavy atom. The minimum atomic E-state index is -1.95. The Kier molecular flexibility index (Phi) is 7.28. The maximum Gasteiger partial charge on any atom is 0.336 e. The lowest BCUT2D eigenvalue weighted by atomic mass is 9.95. The Balaban J connectivity index is 1.27. The van der Waals surface area contributed by atoms with Crippen LogP contribution in [0.15, 0.2) is 33.5 Å². The highest BCUT2D eigenvalue weighted by atomic mass is 16.7. The highest BCUT2D eigenvalue weighted by Gasteiger charge is 2.54. The molecule has 4 heterocycles. The summed E-state index contributed by atoms with van der Waals surface area (Å²) in [5.74, 6) is 0.526. The minimum Gasteiger partial charge on any atom is -0.487 e. The number of aliphatic hydroxyl groups is 6. The quantitative estimate of drug-likeness (QED) is 0.214. The van der Waals surface area contributed by atoms with Crippen LogP contribution in [-0.2, 0) is 25.4 Å². The Labute approximate surface area is 216 Å². The van der Waals surface area contributed by atoms with E-state index in [9.17, 15) is 35.4 Å². The average molecular weight is 541 g/mol. The van der Waals surface area contributed by atoms with E-state index in [2.05, 4.69) is 0 Å². The van der Waals surface area contributed by atoms with Crippen molar-refractivity contribution in [1.82, 2.24) is 0 Å². The zero-order valence-corrected chi connectivity index (χ0v) is 20.8. The van der Waals surface area contributed by atoms with Gasteiger partial charge in [0, 0.05) is 23.9 Å². The molecule has 13 nitrogen and oxygen atoms in total. The van der Waals surface area contributed by atoms with Crippen molar-refractivity contribution in [3.8, 4) is 5.75 Å². The Morgan fingerprint density at radius 1 is 1.11 bits per heavy atom. The highest BCUT2D eigenvalue weighted by Crippen LogP contribution is 2.39. The maximum atomic E-state index is 11.6. The predicted molar refractivity (Wildman–Crippen MR) is 126 cm³/mol. The lowest BCUT2D eigenvalue weighted by Gasteiger charge is -2.45. The standard InChI is InChI=1S/C25H32O13/c1-24(2,16-6-12-5-11-3-4-17(28)35-13(11)7-14(12)34-16)38-22-19(30)18(29)20(15(8-26)36-22)37-23-21(31)25(32,9-27)10-33-23/h3-5,7,15-16,18-23,26-27,29-32H,6,8-10H2,1-2H3/t15-,16-,18-,19-,20+,21+,22+,23-,25-/m0/s1. The number of ether oxygens (including phenoxy) is 5. The van der Waals surface area contributed by atoms with Crippen molar-refractivity contribution < 1.29 is 58.7 Å². The van der Waals surface area contributed by atoms with Gasteiger partial charge >= 0.3 is 5.63 Å². The monoisotopic (exact) mass is 540 g/mol. The second kappa shape index (κ2) is 10.1. The van der Waals surface area contributed by atoms with E-state index in [1.165, 1.54) is 6.07 Å². The zero-order valence-electron chi connectivity index (χ0n) is 20.8. The molecule has 13 heteroatoms. The van der Waals surface area contributed by atoms with Crippen molar-refractivity contribution in [1.29, 1.82) is 0 Å². The first kappa shape index (κ1) is 27.4. The maximum absolute atomic E-state index is 11.6. The van der Waals surface area contributed by atoms with Crippen LogP contribution in [-0.4, -0.2) is 111 Å². The molecule has 0 bridgehead atoms. The summed E-state index contributed by atoms with van der Waals surface area (Å²) in [5.41, 5.74) is -2.23. The van der Waals surface area contributed by atoms with Crippen LogP contribution in [0.1, 0.15) is 19.4 Å². The van der Waals surface area contributed by atoms with Gasteiger partial charge in [0.15, 0.2) is 12.6 Å². The fourth-order valence-corrected chi connectivity index (χ4v) is 4.95. The van der Waals surface area contributed by atoms with Crippen molar-refractivity contribution >= 4 is 11.0 Å². The second-order valence-electron chi connectivity index (χ2n) is 10.5. The molecule has 5 rings (SSSR count). The van der Waals surface area contributed by atoms with Crippen LogP contribution in [0.3, 0.4) is 0 Å². The van der Waals surface area contributed by atoms with Crippen LogP contribution in [0, 0.1) is 0 Å². The lowest BCUT2D eigenvalue weighted by molar-refractivity contribution is -0.348. The van der Waals surface area contributed by atoms with Crippen molar-refractivity contribution in [2.24, 2.45) is 0 Å². The van der Waals surface area contributed by atoms with Gasteiger partial charge in [0.05, 0.1) is 19.8 Å². The molecule has 0 unspecified atom stereocenters. The molecule has 1 aromatic carbocycles. The predicted octanol–water partition coefficient (Wildman–Crippen LogP) is -1.84. The Morgan fingerprint density at radius 3 is 2.55 bits per heavy atom. The van der Waals surface area contributed by atoms with Gasteiger partial charge in [-0.2, -0.15) is 0 Å². The van der Waals surface area contributed by atoms with Gasteiger partial charge in [-0.05, 0) is 31.5 Å². The summed E-state index contributed by atoms with van der Waals surface area (Å²) < 4.78 is 33.9. The lowest BCUT2D eigenvalue weighted by Crippen LogP contribution is -2.63. The van der Waals surface area contributed by atoms with Crippen molar-refractivity contribution in [3.63, 3.8) is 0 Å². The van der Waals surface area contributed by atoms with E-state index >= 15 is 0 Å². The second-order valence-corrected chi connectivity index (χ2v) is 10.5. The SMILES string of the molecule is CC(C)(O[C@H]1O[C@@H](CO)[C@@H](O[C@@H]2OC[C@@](O)(CO)[C@@H]2O)[C@@H](O)[C@@H]1O)[C@@H]1Cc2cc3ccc(=O)oc3cc2O1. The fraction of sp³-hybridized carbons (Fsp3) is 0.640. The number of rotatable bonds is 7. The molecule has 6 N–H and O–H groups in total. The molecule has 2 aromatic rings. The zero-order chi connectivity index (χ0) is 27.4. The Bertz CT molecular complexity index is 1210. The molecule has 3 aliphatic rings. The summed E-state index contributed by atoms with van der Waals surface area (Å²) in [7, 11) is 0. The summed E-state index contributed by atoms with van der Waals surface area (Å²) in [5, 5.41) is 62.0. The molecular formula is C25H32O13. The number of fused-ring (bicyclic) bond motifs is 2. The van der Waals surface area contributed by atoms with Gasteiger partial charge in [-0.1, -0.05) is 0 Å². The smallest absolute Gasteiger partial charge is 0.336 e. The van der Waals surface area contributed by atoms with E-state index in [0.717, 1.165) is 10.9 Å². The molecule has 0 spiro atoms. The van der Waals surface area contributed by atoms with Crippen LogP contribution in [0.2, 0.25) is 0 Å². The average Bonchev–Trinajstić information content (AvgIpc) is 3.43. The minimum absolute atomic E-state index is 0.385. The first-order valence-electron chi connectivity index (χ1n) is 12.3. The largest absolute Gasteiger partial charge is 0.487 e. The molecular weight excluding hydrogens is 508 g/mol. The van der Waals surface area contributed by atoms with Crippen LogP contribution in [0.25, 0.3) is 11.0 Å². The fourth-order valence-electron chi connectivity index (χ4n) is 4.95. The van der Waals surface area contributed by atoms with Gasteiger partial charge < -0.3 is 58.7 Å². The third-order valence-electron chi connectivity index (χ3n) is 7.36. The summed E-state index contributed by atoms with van der Waals surface area (Å²) in [4.78, 5) is 11.6. The topological polar surface area (TPSA) is 198 Å². The van der Waals surface area contributed by atoms with Crippen LogP contribution < -0.4 is 10.4 Å².